The second kappa shape index (κ2) is 6.61. The van der Waals surface area contributed by atoms with Crippen LogP contribution < -0.4 is 0 Å². The van der Waals surface area contributed by atoms with E-state index in [1.807, 2.05) is 30.3 Å². The van der Waals surface area contributed by atoms with Gasteiger partial charge in [0.15, 0.2) is 0 Å². The molecule has 0 aromatic heterocycles. The highest BCUT2D eigenvalue weighted by Gasteiger charge is 2.31. The summed E-state index contributed by atoms with van der Waals surface area (Å²) in [5.74, 6) is -0.676. The summed E-state index contributed by atoms with van der Waals surface area (Å²) in [4.78, 5) is 22.2. The zero-order chi connectivity index (χ0) is 13.7. The first-order valence-corrected chi connectivity index (χ1v) is 7.28. The number of esters is 1. The largest absolute Gasteiger partial charge is 0.481 e. The van der Waals surface area contributed by atoms with Crippen LogP contribution in [0.3, 0.4) is 0 Å². The fraction of sp³-hybridized carbons (Fsp3) is 0.429. The van der Waals surface area contributed by atoms with Crippen molar-refractivity contribution in [2.24, 2.45) is 0 Å². The van der Waals surface area contributed by atoms with Gasteiger partial charge in [0.1, 0.15) is 11.4 Å². The molecule has 1 aliphatic rings. The van der Waals surface area contributed by atoms with Gasteiger partial charge in [0.2, 0.25) is 0 Å². The monoisotopic (exact) mass is 280 g/mol. The third-order valence-corrected chi connectivity index (χ3v) is 4.31. The number of carboxylic acids is 1. The molecule has 2 atom stereocenters. The fourth-order valence-corrected chi connectivity index (χ4v) is 3.11. The van der Waals surface area contributed by atoms with E-state index in [0.29, 0.717) is 5.75 Å². The molecular weight excluding hydrogens is 264 g/mol. The normalized spacial score (nSPS) is 22.8. The summed E-state index contributed by atoms with van der Waals surface area (Å²) >= 11 is 1.39. The van der Waals surface area contributed by atoms with Crippen LogP contribution in [0.2, 0.25) is 0 Å². The highest BCUT2D eigenvalue weighted by molar-refractivity contribution is 8.00. The van der Waals surface area contributed by atoms with Crippen LogP contribution in [0.25, 0.3) is 0 Å². The molecule has 1 heterocycles. The first-order chi connectivity index (χ1) is 9.15. The molecule has 19 heavy (non-hydrogen) atoms. The van der Waals surface area contributed by atoms with Crippen LogP contribution in [0.1, 0.15) is 18.4 Å². The maximum atomic E-state index is 11.6. The quantitative estimate of drug-likeness (QED) is 0.837. The van der Waals surface area contributed by atoms with Crippen molar-refractivity contribution in [3.63, 3.8) is 0 Å². The maximum Gasteiger partial charge on any atom is 0.319 e. The predicted octanol–water partition coefficient (Wildman–Crippen LogP) is 2.12. The van der Waals surface area contributed by atoms with Crippen molar-refractivity contribution in [3.8, 4) is 0 Å². The van der Waals surface area contributed by atoms with Crippen molar-refractivity contribution in [2.45, 2.75) is 30.6 Å². The van der Waals surface area contributed by atoms with E-state index >= 15 is 0 Å². The lowest BCUT2D eigenvalue weighted by molar-refractivity contribution is -0.151. The fourth-order valence-electron chi connectivity index (χ4n) is 1.98. The molecule has 2 unspecified atom stereocenters. The molecule has 0 spiro atoms. The molecule has 0 bridgehead atoms. The lowest BCUT2D eigenvalue weighted by Crippen LogP contribution is -2.35. The molecule has 1 aromatic carbocycles. The molecule has 2 rings (SSSR count). The number of benzene rings is 1. The molecular formula is C14H16O4S. The molecule has 0 amide bonds. The summed E-state index contributed by atoms with van der Waals surface area (Å²) in [6.45, 7) is 0. The molecule has 102 valence electrons. The van der Waals surface area contributed by atoms with E-state index in [2.05, 4.69) is 0 Å². The Morgan fingerprint density at radius 2 is 2.11 bits per heavy atom. The van der Waals surface area contributed by atoms with E-state index < -0.39 is 17.2 Å². The molecule has 1 aromatic rings. The average molecular weight is 280 g/mol. The van der Waals surface area contributed by atoms with Crippen LogP contribution in [-0.2, 0) is 20.7 Å². The van der Waals surface area contributed by atoms with Crippen molar-refractivity contribution in [2.75, 3.05) is 5.75 Å². The zero-order valence-corrected chi connectivity index (χ0v) is 11.3. The Labute approximate surface area is 116 Å². The summed E-state index contributed by atoms with van der Waals surface area (Å²) < 4.78 is 5.30. The van der Waals surface area contributed by atoms with Crippen molar-refractivity contribution in [1.29, 1.82) is 0 Å². The summed E-state index contributed by atoms with van der Waals surface area (Å²) in [5, 5.41) is 8.13. The molecule has 1 fully saturated rings. The van der Waals surface area contributed by atoms with Crippen molar-refractivity contribution in [1.82, 2.24) is 0 Å². The molecule has 0 radical (unpaired) electrons. The van der Waals surface area contributed by atoms with Gasteiger partial charge in [-0.1, -0.05) is 30.3 Å². The van der Waals surface area contributed by atoms with Gasteiger partial charge >= 0.3 is 11.9 Å². The molecule has 1 saturated heterocycles. The zero-order valence-electron chi connectivity index (χ0n) is 10.5. The molecule has 0 aliphatic carbocycles. The average Bonchev–Trinajstić information content (AvgIpc) is 2.40. The lowest BCUT2D eigenvalue weighted by Gasteiger charge is -2.27. The number of ether oxygens (including phenoxy) is 1. The van der Waals surface area contributed by atoms with E-state index in [1.54, 1.807) is 0 Å². The lowest BCUT2D eigenvalue weighted by atomic mass is 10.1. The Kier molecular flexibility index (Phi) is 4.85. The van der Waals surface area contributed by atoms with E-state index in [4.69, 9.17) is 9.84 Å². The van der Waals surface area contributed by atoms with Crippen LogP contribution in [0.5, 0.6) is 0 Å². The van der Waals surface area contributed by atoms with Crippen LogP contribution in [0, 0.1) is 0 Å². The summed E-state index contributed by atoms with van der Waals surface area (Å²) in [7, 11) is 0. The minimum absolute atomic E-state index is 0.109. The summed E-state index contributed by atoms with van der Waals surface area (Å²) in [6.07, 6.45) is 1.38. The van der Waals surface area contributed by atoms with Gasteiger partial charge in [-0.05, 0) is 18.4 Å². The van der Waals surface area contributed by atoms with Crippen LogP contribution in [0.15, 0.2) is 30.3 Å². The summed E-state index contributed by atoms with van der Waals surface area (Å²) in [6, 6.07) is 10.0. The molecule has 0 saturated carbocycles. The highest BCUT2D eigenvalue weighted by atomic mass is 32.2. The molecule has 1 aliphatic heterocycles. The second-order valence-corrected chi connectivity index (χ2v) is 5.74. The maximum absolute atomic E-state index is 11.6. The van der Waals surface area contributed by atoms with Crippen molar-refractivity contribution < 1.29 is 19.4 Å². The topological polar surface area (TPSA) is 63.6 Å². The first kappa shape index (κ1) is 13.9. The smallest absolute Gasteiger partial charge is 0.319 e. The minimum Gasteiger partial charge on any atom is -0.481 e. The van der Waals surface area contributed by atoms with Gasteiger partial charge in [-0.25, -0.2) is 0 Å². The van der Waals surface area contributed by atoms with Crippen molar-refractivity contribution >= 4 is 23.7 Å². The number of carbonyl (C=O) groups is 2. The van der Waals surface area contributed by atoms with Crippen LogP contribution in [0.4, 0.5) is 0 Å². The van der Waals surface area contributed by atoms with Gasteiger partial charge in [0.05, 0.1) is 6.42 Å². The van der Waals surface area contributed by atoms with E-state index in [1.165, 1.54) is 17.3 Å². The van der Waals surface area contributed by atoms with Gasteiger partial charge in [-0.2, -0.15) is 0 Å². The number of cyclic esters (lactones) is 1. The van der Waals surface area contributed by atoms with Crippen molar-refractivity contribution in [3.05, 3.63) is 35.9 Å². The Bertz CT molecular complexity index is 446. The van der Waals surface area contributed by atoms with Crippen LogP contribution >= 0.6 is 11.8 Å². The number of hydrogen-bond donors (Lipinski definition) is 1. The van der Waals surface area contributed by atoms with E-state index in [-0.39, 0.29) is 12.5 Å². The third-order valence-electron chi connectivity index (χ3n) is 2.99. The molecule has 1 N–H and O–H groups in total. The van der Waals surface area contributed by atoms with Gasteiger partial charge in [-0.3, -0.25) is 9.59 Å². The second-order valence-electron chi connectivity index (χ2n) is 4.50. The Morgan fingerprint density at radius 3 is 2.74 bits per heavy atom. The number of rotatable bonds is 5. The SMILES string of the molecule is O=C(O)CC1SCC(CCc2ccccc2)OC1=O. The van der Waals surface area contributed by atoms with E-state index in [9.17, 15) is 9.59 Å². The van der Waals surface area contributed by atoms with E-state index in [0.717, 1.165) is 12.8 Å². The standard InChI is InChI=1S/C14H16O4S/c15-13(16)8-12-14(17)18-11(9-19-12)7-6-10-4-2-1-3-5-10/h1-5,11-12H,6-9H2,(H,15,16). The number of thioether (sulfide) groups is 1. The number of hydrogen-bond acceptors (Lipinski definition) is 4. The van der Waals surface area contributed by atoms with Gasteiger partial charge in [-0.15, -0.1) is 11.8 Å². The van der Waals surface area contributed by atoms with Gasteiger partial charge in [0, 0.05) is 5.75 Å². The number of aliphatic carboxylic acids is 1. The first-order valence-electron chi connectivity index (χ1n) is 6.23. The van der Waals surface area contributed by atoms with Gasteiger partial charge in [0.25, 0.3) is 0 Å². The molecule has 4 nitrogen and oxygen atoms in total. The van der Waals surface area contributed by atoms with Gasteiger partial charge < -0.3 is 9.84 Å². The summed E-state index contributed by atoms with van der Waals surface area (Å²) in [5.41, 5.74) is 1.22. The Balaban J connectivity index is 1.79. The molecule has 5 heteroatoms. The minimum atomic E-state index is -0.961. The third kappa shape index (κ3) is 4.28. The number of carbonyl (C=O) groups excluding carboxylic acids is 1. The Hall–Kier alpha value is -1.49. The highest BCUT2D eigenvalue weighted by Crippen LogP contribution is 2.26. The number of aryl methyl sites for hydroxylation is 1. The predicted molar refractivity (Wildman–Crippen MR) is 73.1 cm³/mol. The Morgan fingerprint density at radius 1 is 1.37 bits per heavy atom. The number of carboxylic acid groups (broad SMARTS) is 1. The van der Waals surface area contributed by atoms with Crippen LogP contribution in [-0.4, -0.2) is 34.2 Å².